The number of rotatable bonds is 4. The first kappa shape index (κ1) is 15.2. The van der Waals surface area contributed by atoms with Gasteiger partial charge in [-0.2, -0.15) is 5.10 Å². The van der Waals surface area contributed by atoms with Gasteiger partial charge in [0.2, 0.25) is 5.91 Å². The molecule has 7 heteroatoms. The molecule has 1 aromatic carbocycles. The maximum atomic E-state index is 12.3. The Morgan fingerprint density at radius 1 is 1.36 bits per heavy atom. The molecule has 1 saturated heterocycles. The summed E-state index contributed by atoms with van der Waals surface area (Å²) in [5, 5.41) is 5.16. The number of carbonyl (C=O) groups excluding carboxylic acids is 1. The number of hydrogen-bond donors (Lipinski definition) is 0. The number of ether oxygens (including phenoxy) is 1. The lowest BCUT2D eigenvalue weighted by Gasteiger charge is -2.40. The van der Waals surface area contributed by atoms with E-state index in [-0.39, 0.29) is 18.1 Å². The summed E-state index contributed by atoms with van der Waals surface area (Å²) in [6, 6.07) is 6.94. The number of hydrogen-bond acceptors (Lipinski definition) is 3. The predicted molar refractivity (Wildman–Crippen MR) is 84.4 cm³/mol. The van der Waals surface area contributed by atoms with Crippen LogP contribution in [0.15, 0.2) is 36.7 Å². The number of carbonyl (C=O) groups is 1. The first-order chi connectivity index (χ1) is 10.5. The monoisotopic (exact) mass is 339 g/mol. The Kier molecular flexibility index (Phi) is 4.27. The Bertz CT molecular complexity index is 683. The quantitative estimate of drug-likeness (QED) is 0.860. The summed E-state index contributed by atoms with van der Waals surface area (Å²) in [5.41, 5.74) is 0. The molecule has 0 spiro atoms. The molecule has 1 amide bonds. The summed E-state index contributed by atoms with van der Waals surface area (Å²) in [6.45, 7) is 2.89. The van der Waals surface area contributed by atoms with Gasteiger partial charge in [0, 0.05) is 6.20 Å². The Hall–Kier alpha value is -1.72. The predicted octanol–water partition coefficient (Wildman–Crippen LogP) is 3.04. The lowest BCUT2D eigenvalue weighted by atomic mass is 10.1. The highest BCUT2D eigenvalue weighted by molar-refractivity contribution is 6.32. The lowest BCUT2D eigenvalue weighted by molar-refractivity contribution is -0.143. The van der Waals surface area contributed by atoms with E-state index in [1.54, 1.807) is 28.8 Å². The smallest absolute Gasteiger partial charge is 0.247 e. The standard InChI is InChI=1S/C15H15Cl2N3O2/c1-10(20-7-11(16)6-18-20)15(21)19-8-12(9-19)22-14-5-3-2-4-13(14)17/h2-7,10,12H,8-9H2,1H3/t10-/m0/s1. The fraction of sp³-hybridized carbons (Fsp3) is 0.333. The van der Waals surface area contributed by atoms with Crippen molar-refractivity contribution in [1.82, 2.24) is 14.7 Å². The van der Waals surface area contributed by atoms with E-state index >= 15 is 0 Å². The summed E-state index contributed by atoms with van der Waals surface area (Å²) in [6.07, 6.45) is 3.13. The number of para-hydroxylation sites is 1. The molecule has 0 unspecified atom stereocenters. The van der Waals surface area contributed by atoms with Crippen molar-refractivity contribution in [3.8, 4) is 5.75 Å². The summed E-state index contributed by atoms with van der Waals surface area (Å²) in [7, 11) is 0. The Morgan fingerprint density at radius 3 is 2.73 bits per heavy atom. The lowest BCUT2D eigenvalue weighted by Crippen LogP contribution is -2.57. The third-order valence-electron chi connectivity index (χ3n) is 3.61. The van der Waals surface area contributed by atoms with Crippen LogP contribution in [0.25, 0.3) is 0 Å². The van der Waals surface area contributed by atoms with E-state index in [1.807, 2.05) is 18.2 Å². The molecule has 0 radical (unpaired) electrons. The van der Waals surface area contributed by atoms with E-state index in [4.69, 9.17) is 27.9 Å². The normalized spacial score (nSPS) is 16.2. The van der Waals surface area contributed by atoms with Gasteiger partial charge < -0.3 is 9.64 Å². The number of aromatic nitrogens is 2. The van der Waals surface area contributed by atoms with Crippen LogP contribution in [-0.2, 0) is 4.79 Å². The molecule has 1 aromatic heterocycles. The van der Waals surface area contributed by atoms with E-state index < -0.39 is 0 Å². The molecule has 5 nitrogen and oxygen atoms in total. The highest BCUT2D eigenvalue weighted by Gasteiger charge is 2.35. The number of amides is 1. The molecule has 2 aromatic rings. The van der Waals surface area contributed by atoms with Gasteiger partial charge in [-0.3, -0.25) is 9.48 Å². The highest BCUT2D eigenvalue weighted by Crippen LogP contribution is 2.27. The Balaban J connectivity index is 1.54. The maximum Gasteiger partial charge on any atom is 0.247 e. The van der Waals surface area contributed by atoms with E-state index in [1.165, 1.54) is 6.20 Å². The molecule has 3 rings (SSSR count). The molecule has 116 valence electrons. The minimum atomic E-state index is -0.381. The van der Waals surface area contributed by atoms with Crippen molar-refractivity contribution in [2.24, 2.45) is 0 Å². The summed E-state index contributed by atoms with van der Waals surface area (Å²) in [5.74, 6) is 0.645. The maximum absolute atomic E-state index is 12.3. The zero-order valence-corrected chi connectivity index (χ0v) is 13.5. The fourth-order valence-corrected chi connectivity index (χ4v) is 2.64. The second-order valence-corrected chi connectivity index (χ2v) is 6.07. The van der Waals surface area contributed by atoms with E-state index in [0.29, 0.717) is 28.9 Å². The van der Waals surface area contributed by atoms with Crippen molar-refractivity contribution in [3.63, 3.8) is 0 Å². The Morgan fingerprint density at radius 2 is 2.09 bits per heavy atom. The van der Waals surface area contributed by atoms with Crippen molar-refractivity contribution >= 4 is 29.1 Å². The van der Waals surface area contributed by atoms with E-state index in [9.17, 15) is 4.79 Å². The minimum Gasteiger partial charge on any atom is -0.485 e. The highest BCUT2D eigenvalue weighted by atomic mass is 35.5. The van der Waals surface area contributed by atoms with Crippen LogP contribution in [-0.4, -0.2) is 39.8 Å². The number of nitrogens with zero attached hydrogens (tertiary/aromatic N) is 3. The first-order valence-electron chi connectivity index (χ1n) is 6.94. The van der Waals surface area contributed by atoms with Crippen molar-refractivity contribution in [3.05, 3.63) is 46.7 Å². The molecule has 22 heavy (non-hydrogen) atoms. The van der Waals surface area contributed by atoms with Crippen LogP contribution < -0.4 is 4.74 Å². The fourth-order valence-electron chi connectivity index (χ4n) is 2.32. The molecule has 0 aliphatic carbocycles. The molecule has 1 aliphatic heterocycles. The average Bonchev–Trinajstić information content (AvgIpc) is 2.89. The van der Waals surface area contributed by atoms with Gasteiger partial charge in [0.25, 0.3) is 0 Å². The van der Waals surface area contributed by atoms with Gasteiger partial charge in [0.05, 0.1) is 29.3 Å². The second-order valence-electron chi connectivity index (χ2n) is 5.23. The number of likely N-dealkylation sites (tertiary alicyclic amines) is 1. The van der Waals surface area contributed by atoms with Gasteiger partial charge in [-0.05, 0) is 19.1 Å². The SMILES string of the molecule is C[C@@H](C(=O)N1CC(Oc2ccccc2Cl)C1)n1cc(Cl)cn1. The molecular formula is C15H15Cl2N3O2. The van der Waals surface area contributed by atoms with Crippen molar-refractivity contribution < 1.29 is 9.53 Å². The van der Waals surface area contributed by atoms with Gasteiger partial charge in [-0.1, -0.05) is 35.3 Å². The molecule has 0 bridgehead atoms. The molecule has 1 atom stereocenters. The average molecular weight is 340 g/mol. The zero-order valence-electron chi connectivity index (χ0n) is 11.9. The summed E-state index contributed by atoms with van der Waals surface area (Å²) in [4.78, 5) is 14.1. The summed E-state index contributed by atoms with van der Waals surface area (Å²) < 4.78 is 7.34. The zero-order chi connectivity index (χ0) is 15.7. The number of halogens is 2. The van der Waals surface area contributed by atoms with Crippen molar-refractivity contribution in [2.75, 3.05) is 13.1 Å². The third kappa shape index (κ3) is 3.05. The second kappa shape index (κ2) is 6.18. The van der Waals surface area contributed by atoms with Crippen LogP contribution in [0.5, 0.6) is 5.75 Å². The topological polar surface area (TPSA) is 47.4 Å². The minimum absolute atomic E-state index is 0.00113. The van der Waals surface area contributed by atoms with Gasteiger partial charge in [-0.25, -0.2) is 0 Å². The van der Waals surface area contributed by atoms with Crippen molar-refractivity contribution in [2.45, 2.75) is 19.1 Å². The third-order valence-corrected chi connectivity index (χ3v) is 4.12. The van der Waals surface area contributed by atoms with Crippen LogP contribution in [0.2, 0.25) is 10.0 Å². The van der Waals surface area contributed by atoms with Crippen LogP contribution >= 0.6 is 23.2 Å². The molecule has 1 aliphatic rings. The van der Waals surface area contributed by atoms with Gasteiger partial charge in [0.15, 0.2) is 0 Å². The molecule has 1 fully saturated rings. The van der Waals surface area contributed by atoms with E-state index in [0.717, 1.165) is 0 Å². The largest absolute Gasteiger partial charge is 0.485 e. The number of benzene rings is 1. The van der Waals surface area contributed by atoms with Gasteiger partial charge in [0.1, 0.15) is 17.9 Å². The van der Waals surface area contributed by atoms with Gasteiger partial charge >= 0.3 is 0 Å². The molecule has 0 saturated carbocycles. The van der Waals surface area contributed by atoms with E-state index in [2.05, 4.69) is 5.10 Å². The molecule has 2 heterocycles. The van der Waals surface area contributed by atoms with Crippen molar-refractivity contribution in [1.29, 1.82) is 0 Å². The van der Waals surface area contributed by atoms with Crippen LogP contribution in [0.1, 0.15) is 13.0 Å². The molecule has 0 N–H and O–H groups in total. The Labute approximate surface area is 138 Å². The van der Waals surface area contributed by atoms with Crippen LogP contribution in [0, 0.1) is 0 Å². The first-order valence-corrected chi connectivity index (χ1v) is 7.70. The van der Waals surface area contributed by atoms with Crippen LogP contribution in [0.3, 0.4) is 0 Å². The summed E-state index contributed by atoms with van der Waals surface area (Å²) >= 11 is 11.9. The van der Waals surface area contributed by atoms with Gasteiger partial charge in [-0.15, -0.1) is 0 Å². The molecular weight excluding hydrogens is 325 g/mol. The van der Waals surface area contributed by atoms with Crippen LogP contribution in [0.4, 0.5) is 0 Å².